The van der Waals surface area contributed by atoms with E-state index in [2.05, 4.69) is 49.6 Å². The first kappa shape index (κ1) is 23.2. The van der Waals surface area contributed by atoms with Crippen molar-refractivity contribution in [3.63, 3.8) is 0 Å². The highest BCUT2D eigenvalue weighted by Crippen LogP contribution is 2.45. The minimum atomic E-state index is -0.454. The van der Waals surface area contributed by atoms with Gasteiger partial charge in [-0.1, -0.05) is 31.2 Å². The second-order valence-electron chi connectivity index (χ2n) is 9.83. The van der Waals surface area contributed by atoms with Gasteiger partial charge in [-0.05, 0) is 61.2 Å². The molecular formula is C28H31N3O4. The zero-order chi connectivity index (χ0) is 25.1. The lowest BCUT2D eigenvalue weighted by molar-refractivity contribution is -0.00707. The number of nitrogens with zero attached hydrogens (tertiary/aromatic N) is 3. The molecule has 7 heteroatoms. The summed E-state index contributed by atoms with van der Waals surface area (Å²) >= 11 is 0. The number of aryl methyl sites for hydroxylation is 2. The zero-order valence-corrected chi connectivity index (χ0v) is 21.1. The Balaban J connectivity index is 1.94. The van der Waals surface area contributed by atoms with Gasteiger partial charge in [0.1, 0.15) is 11.9 Å². The molecule has 5 rings (SSSR count). The molecule has 0 unspecified atom stereocenters. The van der Waals surface area contributed by atoms with Crippen LogP contribution in [0.25, 0.3) is 22.2 Å². The Bertz CT molecular complexity index is 1540. The molecule has 0 spiro atoms. The molecule has 35 heavy (non-hydrogen) atoms. The van der Waals surface area contributed by atoms with Gasteiger partial charge in [0, 0.05) is 14.1 Å². The summed E-state index contributed by atoms with van der Waals surface area (Å²) in [5.74, 6) is 0.736. The van der Waals surface area contributed by atoms with E-state index in [-0.39, 0.29) is 11.2 Å². The SMILES string of the molecule is CCc1ccc([C@@H]2OCC(C)(C)n3c(-c4ccc(OC)cc4)c4c(=O)n(C)c(=O)n(C)c4c32)cc1. The van der Waals surface area contributed by atoms with E-state index in [0.717, 1.165) is 34.7 Å². The van der Waals surface area contributed by atoms with Gasteiger partial charge >= 0.3 is 5.69 Å². The fourth-order valence-electron chi connectivity index (χ4n) is 5.20. The van der Waals surface area contributed by atoms with Gasteiger partial charge in [-0.3, -0.25) is 13.9 Å². The number of benzene rings is 2. The van der Waals surface area contributed by atoms with Crippen molar-refractivity contribution in [3.05, 3.63) is 86.2 Å². The number of aromatic nitrogens is 3. The van der Waals surface area contributed by atoms with Crippen molar-refractivity contribution in [3.8, 4) is 17.0 Å². The maximum Gasteiger partial charge on any atom is 0.331 e. The summed E-state index contributed by atoms with van der Waals surface area (Å²) in [6.07, 6.45) is 0.533. The maximum atomic E-state index is 13.6. The van der Waals surface area contributed by atoms with Crippen LogP contribution in [0.3, 0.4) is 0 Å². The fourth-order valence-corrected chi connectivity index (χ4v) is 5.20. The van der Waals surface area contributed by atoms with Crippen molar-refractivity contribution in [1.82, 2.24) is 13.7 Å². The molecule has 2 aromatic carbocycles. The van der Waals surface area contributed by atoms with Crippen molar-refractivity contribution >= 4 is 10.9 Å². The van der Waals surface area contributed by atoms with Crippen molar-refractivity contribution in [2.75, 3.05) is 13.7 Å². The molecule has 2 aromatic heterocycles. The summed E-state index contributed by atoms with van der Waals surface area (Å²) in [4.78, 5) is 26.7. The van der Waals surface area contributed by atoms with Gasteiger partial charge in [0.05, 0.1) is 41.5 Å². The normalized spacial score (nSPS) is 16.9. The number of fused-ring (bicyclic) bond motifs is 3. The Morgan fingerprint density at radius 3 is 2.26 bits per heavy atom. The molecule has 0 saturated carbocycles. The minimum Gasteiger partial charge on any atom is -0.497 e. The second-order valence-corrected chi connectivity index (χ2v) is 9.83. The smallest absolute Gasteiger partial charge is 0.331 e. The summed E-state index contributed by atoms with van der Waals surface area (Å²) in [6, 6.07) is 16.1. The van der Waals surface area contributed by atoms with Crippen LogP contribution in [0.2, 0.25) is 0 Å². The fraction of sp³-hybridized carbons (Fsp3) is 0.357. The van der Waals surface area contributed by atoms with Gasteiger partial charge in [-0.15, -0.1) is 0 Å². The van der Waals surface area contributed by atoms with Gasteiger partial charge in [-0.2, -0.15) is 0 Å². The maximum absolute atomic E-state index is 13.6. The molecule has 0 aliphatic carbocycles. The van der Waals surface area contributed by atoms with E-state index in [4.69, 9.17) is 9.47 Å². The lowest BCUT2D eigenvalue weighted by Gasteiger charge is -2.39. The van der Waals surface area contributed by atoms with Crippen molar-refractivity contribution in [2.24, 2.45) is 14.1 Å². The molecule has 3 heterocycles. The monoisotopic (exact) mass is 473 g/mol. The summed E-state index contributed by atoms with van der Waals surface area (Å²) in [5, 5.41) is 0.517. The molecule has 7 nitrogen and oxygen atoms in total. The predicted molar refractivity (Wildman–Crippen MR) is 137 cm³/mol. The molecule has 0 amide bonds. The molecule has 1 aliphatic heterocycles. The third-order valence-electron chi connectivity index (χ3n) is 7.12. The molecule has 1 aliphatic rings. The highest BCUT2D eigenvalue weighted by atomic mass is 16.5. The average Bonchev–Trinajstić information content (AvgIpc) is 3.24. The third kappa shape index (κ3) is 3.45. The van der Waals surface area contributed by atoms with Crippen LogP contribution in [0.4, 0.5) is 0 Å². The van der Waals surface area contributed by atoms with E-state index in [1.54, 1.807) is 18.7 Å². The van der Waals surface area contributed by atoms with E-state index < -0.39 is 11.6 Å². The number of rotatable bonds is 4. The molecule has 0 radical (unpaired) electrons. The van der Waals surface area contributed by atoms with Gasteiger partial charge in [0.25, 0.3) is 5.56 Å². The Labute approximate surface area is 204 Å². The first-order chi connectivity index (χ1) is 16.7. The zero-order valence-electron chi connectivity index (χ0n) is 21.1. The summed E-state index contributed by atoms with van der Waals surface area (Å²) in [7, 11) is 4.88. The van der Waals surface area contributed by atoms with Gasteiger partial charge in [0.15, 0.2) is 0 Å². The van der Waals surface area contributed by atoms with E-state index in [9.17, 15) is 9.59 Å². The Kier molecular flexibility index (Phi) is 5.48. The van der Waals surface area contributed by atoms with Crippen LogP contribution in [-0.4, -0.2) is 27.4 Å². The van der Waals surface area contributed by atoms with Gasteiger partial charge in [-0.25, -0.2) is 4.79 Å². The predicted octanol–water partition coefficient (Wildman–Crippen LogP) is 4.13. The Morgan fingerprint density at radius 2 is 1.66 bits per heavy atom. The standard InChI is InChI=1S/C28H31N3O4/c1-7-17-8-10-19(11-9-17)25-24-23-21(26(32)30(5)27(33)29(23)4)22(31(24)28(2,3)16-35-25)18-12-14-20(34-6)15-13-18/h8-15,25H,7,16H2,1-6H3/t25-/m0/s1. The van der Waals surface area contributed by atoms with Crippen molar-refractivity contribution < 1.29 is 9.47 Å². The van der Waals surface area contributed by atoms with Crippen molar-refractivity contribution in [1.29, 1.82) is 0 Å². The van der Waals surface area contributed by atoms with Crippen LogP contribution >= 0.6 is 0 Å². The van der Waals surface area contributed by atoms with Crippen LogP contribution in [0.15, 0.2) is 58.1 Å². The van der Waals surface area contributed by atoms with E-state index >= 15 is 0 Å². The highest BCUT2D eigenvalue weighted by Gasteiger charge is 2.40. The van der Waals surface area contributed by atoms with Crippen LogP contribution < -0.4 is 16.0 Å². The lowest BCUT2D eigenvalue weighted by atomic mass is 9.97. The second kappa shape index (κ2) is 8.27. The molecule has 0 fully saturated rings. The topological polar surface area (TPSA) is 67.4 Å². The minimum absolute atomic E-state index is 0.313. The van der Waals surface area contributed by atoms with Crippen LogP contribution in [0.1, 0.15) is 43.7 Å². The largest absolute Gasteiger partial charge is 0.497 e. The molecule has 4 aromatic rings. The lowest BCUT2D eigenvalue weighted by Crippen LogP contribution is -2.40. The van der Waals surface area contributed by atoms with E-state index in [1.807, 2.05) is 24.3 Å². The van der Waals surface area contributed by atoms with Crippen molar-refractivity contribution in [2.45, 2.75) is 38.8 Å². The number of hydrogen-bond donors (Lipinski definition) is 0. The van der Waals surface area contributed by atoms with Crippen LogP contribution in [0.5, 0.6) is 5.75 Å². The van der Waals surface area contributed by atoms with E-state index in [0.29, 0.717) is 17.5 Å². The first-order valence-electron chi connectivity index (χ1n) is 11.9. The number of hydrogen-bond acceptors (Lipinski definition) is 4. The first-order valence-corrected chi connectivity index (χ1v) is 11.9. The highest BCUT2D eigenvalue weighted by molar-refractivity contribution is 5.97. The molecule has 182 valence electrons. The number of methoxy groups -OCH3 is 1. The molecule has 1 atom stereocenters. The van der Waals surface area contributed by atoms with E-state index in [1.165, 1.54) is 17.2 Å². The molecular weight excluding hydrogens is 442 g/mol. The number of ether oxygens (including phenoxy) is 2. The van der Waals surface area contributed by atoms with Gasteiger partial charge < -0.3 is 14.0 Å². The van der Waals surface area contributed by atoms with Crippen LogP contribution in [0, 0.1) is 0 Å². The van der Waals surface area contributed by atoms with Crippen LogP contribution in [-0.2, 0) is 30.8 Å². The Morgan fingerprint density at radius 1 is 1.00 bits per heavy atom. The molecule has 0 bridgehead atoms. The Hall–Kier alpha value is -3.58. The summed E-state index contributed by atoms with van der Waals surface area (Å²) in [5.41, 5.74) is 4.21. The third-order valence-corrected chi connectivity index (χ3v) is 7.12. The van der Waals surface area contributed by atoms with Gasteiger partial charge in [0.2, 0.25) is 0 Å². The average molecular weight is 474 g/mol. The summed E-state index contributed by atoms with van der Waals surface area (Å²) in [6.45, 7) is 6.78. The molecule has 0 N–H and O–H groups in total. The summed E-state index contributed by atoms with van der Waals surface area (Å²) < 4.78 is 16.8. The molecule has 0 saturated heterocycles. The quantitative estimate of drug-likeness (QED) is 0.447.